The minimum atomic E-state index is -0.447. The van der Waals surface area contributed by atoms with Crippen LogP contribution in [-0.2, 0) is 14.3 Å². The molecule has 2 atom stereocenters. The van der Waals surface area contributed by atoms with Crippen LogP contribution in [0, 0.1) is 11.3 Å². The zero-order valence-corrected chi connectivity index (χ0v) is 18.1. The predicted octanol–water partition coefficient (Wildman–Crippen LogP) is 4.86. The third kappa shape index (κ3) is 4.29. The van der Waals surface area contributed by atoms with Gasteiger partial charge in [-0.1, -0.05) is 45.4 Å². The van der Waals surface area contributed by atoms with Gasteiger partial charge in [0.15, 0.2) is 0 Å². The Kier molecular flexibility index (Phi) is 6.25. The van der Waals surface area contributed by atoms with Gasteiger partial charge in [-0.2, -0.15) is 0 Å². The van der Waals surface area contributed by atoms with Gasteiger partial charge in [0.25, 0.3) is 0 Å². The normalized spacial score (nSPS) is 23.3. The lowest BCUT2D eigenvalue weighted by Gasteiger charge is -2.41. The first-order valence-corrected chi connectivity index (χ1v) is 10.4. The third-order valence-corrected chi connectivity index (χ3v) is 5.78. The largest absolute Gasteiger partial charge is 0.493 e. The van der Waals surface area contributed by atoms with E-state index in [0.29, 0.717) is 24.3 Å². The van der Waals surface area contributed by atoms with Crippen LogP contribution in [0.4, 0.5) is 0 Å². The molecule has 1 aromatic carbocycles. The zero-order valence-electron chi connectivity index (χ0n) is 18.1. The summed E-state index contributed by atoms with van der Waals surface area (Å²) in [7, 11) is 1.37. The average molecular weight is 398 g/mol. The number of para-hydroxylation sites is 1. The number of carbonyl (C=O) groups is 2. The summed E-state index contributed by atoms with van der Waals surface area (Å²) < 4.78 is 11.1. The molecule has 1 saturated carbocycles. The number of unbranched alkanes of at least 4 members (excludes halogenated alkanes) is 1. The van der Waals surface area contributed by atoms with Crippen molar-refractivity contribution in [3.8, 4) is 5.75 Å². The van der Waals surface area contributed by atoms with Crippen LogP contribution in [0.2, 0.25) is 0 Å². The molecule has 1 aliphatic carbocycles. The second kappa shape index (κ2) is 8.52. The van der Waals surface area contributed by atoms with Crippen molar-refractivity contribution in [3.05, 3.63) is 41.1 Å². The minimum absolute atomic E-state index is 0.127. The first kappa shape index (κ1) is 21.3. The molecule has 1 aliphatic heterocycles. The van der Waals surface area contributed by atoms with Crippen LogP contribution in [0.3, 0.4) is 0 Å². The molecule has 1 unspecified atom stereocenters. The van der Waals surface area contributed by atoms with Crippen LogP contribution < -0.4 is 4.74 Å². The van der Waals surface area contributed by atoms with Crippen molar-refractivity contribution in [2.24, 2.45) is 16.3 Å². The lowest BCUT2D eigenvalue weighted by atomic mass is 9.63. The van der Waals surface area contributed by atoms with Gasteiger partial charge in [-0.25, -0.2) is 4.79 Å². The van der Waals surface area contributed by atoms with E-state index in [0.717, 1.165) is 36.3 Å². The van der Waals surface area contributed by atoms with Crippen LogP contribution >= 0.6 is 0 Å². The van der Waals surface area contributed by atoms with E-state index < -0.39 is 17.8 Å². The summed E-state index contributed by atoms with van der Waals surface area (Å²) in [4.78, 5) is 30.7. The number of benzene rings is 1. The molecule has 0 saturated heterocycles. The fourth-order valence-corrected chi connectivity index (χ4v) is 4.50. The Morgan fingerprint density at radius 2 is 1.93 bits per heavy atom. The Hall–Kier alpha value is -2.43. The van der Waals surface area contributed by atoms with Crippen LogP contribution in [0.25, 0.3) is 0 Å². The maximum Gasteiger partial charge on any atom is 0.336 e. The third-order valence-electron chi connectivity index (χ3n) is 5.78. The highest BCUT2D eigenvalue weighted by Gasteiger charge is 2.48. The number of aliphatic imine (C=N–C) groups is 1. The maximum absolute atomic E-state index is 13.3. The van der Waals surface area contributed by atoms with Crippen LogP contribution in [0.15, 0.2) is 40.5 Å². The van der Waals surface area contributed by atoms with Gasteiger partial charge < -0.3 is 9.47 Å². The Bertz CT molecular complexity index is 865. The van der Waals surface area contributed by atoms with E-state index in [1.54, 1.807) is 0 Å². The Balaban J connectivity index is 2.13. The number of hydrogen-bond acceptors (Lipinski definition) is 5. The molecule has 5 nitrogen and oxygen atoms in total. The van der Waals surface area contributed by atoms with E-state index in [1.165, 1.54) is 7.11 Å². The highest BCUT2D eigenvalue weighted by atomic mass is 16.5. The summed E-state index contributed by atoms with van der Waals surface area (Å²) in [5.41, 5.74) is 2.68. The van der Waals surface area contributed by atoms with E-state index in [2.05, 4.69) is 20.8 Å². The summed E-state index contributed by atoms with van der Waals surface area (Å²) in [6.07, 6.45) is 3.19. The highest BCUT2D eigenvalue weighted by molar-refractivity contribution is 6.12. The molecule has 0 N–H and O–H groups in total. The second-order valence-corrected chi connectivity index (χ2v) is 8.77. The SMILES string of the molecule is CCCCOc1ccccc1[C@@H]1C(C(=O)OC)=C(C)N=C2CC(C)(C)CC(=O)C21. The smallest absolute Gasteiger partial charge is 0.336 e. The van der Waals surface area contributed by atoms with E-state index in [-0.39, 0.29) is 11.2 Å². The van der Waals surface area contributed by atoms with E-state index in [1.807, 2.05) is 31.2 Å². The molecular formula is C24H31NO4. The molecular weight excluding hydrogens is 366 g/mol. The van der Waals surface area contributed by atoms with Crippen molar-refractivity contribution in [2.75, 3.05) is 13.7 Å². The fraction of sp³-hybridized carbons (Fsp3) is 0.542. The Morgan fingerprint density at radius 3 is 2.62 bits per heavy atom. The van der Waals surface area contributed by atoms with Crippen molar-refractivity contribution in [3.63, 3.8) is 0 Å². The number of nitrogens with zero attached hydrogens (tertiary/aromatic N) is 1. The number of methoxy groups -OCH3 is 1. The molecule has 2 aliphatic rings. The summed E-state index contributed by atoms with van der Waals surface area (Å²) in [6, 6.07) is 7.72. The van der Waals surface area contributed by atoms with Gasteiger partial charge >= 0.3 is 5.97 Å². The highest BCUT2D eigenvalue weighted by Crippen LogP contribution is 2.48. The number of ketones is 1. The fourth-order valence-electron chi connectivity index (χ4n) is 4.50. The van der Waals surface area contributed by atoms with Crippen LogP contribution in [-0.4, -0.2) is 31.2 Å². The van der Waals surface area contributed by atoms with Gasteiger partial charge in [0, 0.05) is 29.3 Å². The van der Waals surface area contributed by atoms with Crippen molar-refractivity contribution < 1.29 is 19.1 Å². The summed E-state index contributed by atoms with van der Waals surface area (Å²) in [5.74, 6) is -0.467. The lowest BCUT2D eigenvalue weighted by Crippen LogP contribution is -2.44. The van der Waals surface area contributed by atoms with Crippen molar-refractivity contribution in [1.82, 2.24) is 0 Å². The first-order valence-electron chi connectivity index (χ1n) is 10.4. The standard InChI is InChI=1S/C24H31NO4/c1-6-7-12-29-19-11-9-8-10-16(19)21-20(23(27)28-5)15(2)25-17-13-24(3,4)14-18(26)22(17)21/h8-11,21-22H,6-7,12-14H2,1-5H3/t21-,22?/m1/s1. The van der Waals surface area contributed by atoms with Gasteiger partial charge in [-0.3, -0.25) is 9.79 Å². The molecule has 0 amide bonds. The van der Waals surface area contributed by atoms with Gasteiger partial charge in [0.1, 0.15) is 11.5 Å². The molecule has 0 spiro atoms. The minimum Gasteiger partial charge on any atom is -0.493 e. The van der Waals surface area contributed by atoms with E-state index >= 15 is 0 Å². The lowest BCUT2D eigenvalue weighted by molar-refractivity contribution is -0.136. The Labute approximate surface area is 173 Å². The molecule has 3 rings (SSSR count). The summed E-state index contributed by atoms with van der Waals surface area (Å²) in [6.45, 7) is 8.73. The van der Waals surface area contributed by atoms with Crippen LogP contribution in [0.1, 0.15) is 64.9 Å². The number of fused-ring (bicyclic) bond motifs is 1. The quantitative estimate of drug-likeness (QED) is 0.508. The van der Waals surface area contributed by atoms with E-state index in [9.17, 15) is 9.59 Å². The Morgan fingerprint density at radius 1 is 1.21 bits per heavy atom. The summed E-state index contributed by atoms with van der Waals surface area (Å²) in [5, 5.41) is 0. The maximum atomic E-state index is 13.3. The monoisotopic (exact) mass is 397 g/mol. The van der Waals surface area contributed by atoms with E-state index in [4.69, 9.17) is 14.5 Å². The van der Waals surface area contributed by atoms with Gasteiger partial charge in [0.05, 0.1) is 25.2 Å². The average Bonchev–Trinajstić information content (AvgIpc) is 2.66. The van der Waals surface area contributed by atoms with Gasteiger partial charge in [-0.15, -0.1) is 0 Å². The number of carbonyl (C=O) groups excluding carboxylic acids is 2. The second-order valence-electron chi connectivity index (χ2n) is 8.77. The molecule has 0 aromatic heterocycles. The molecule has 0 radical (unpaired) electrons. The molecule has 1 heterocycles. The number of esters is 1. The number of Topliss-reactive ketones (excluding diaryl/α,β-unsaturated/α-hetero) is 1. The molecule has 1 aromatic rings. The zero-order chi connectivity index (χ0) is 21.2. The molecule has 5 heteroatoms. The van der Waals surface area contributed by atoms with Crippen molar-refractivity contribution >= 4 is 17.5 Å². The number of allylic oxidation sites excluding steroid dienone is 1. The first-order chi connectivity index (χ1) is 13.8. The number of hydrogen-bond donors (Lipinski definition) is 0. The topological polar surface area (TPSA) is 65.0 Å². The molecule has 0 bridgehead atoms. The predicted molar refractivity (Wildman–Crippen MR) is 113 cm³/mol. The molecule has 29 heavy (non-hydrogen) atoms. The van der Waals surface area contributed by atoms with Crippen LogP contribution in [0.5, 0.6) is 5.75 Å². The van der Waals surface area contributed by atoms with Crippen molar-refractivity contribution in [2.45, 2.75) is 59.3 Å². The van der Waals surface area contributed by atoms with Gasteiger partial charge in [-0.05, 0) is 31.2 Å². The number of rotatable bonds is 6. The van der Waals surface area contributed by atoms with Crippen molar-refractivity contribution in [1.29, 1.82) is 0 Å². The molecule has 156 valence electrons. The summed E-state index contributed by atoms with van der Waals surface area (Å²) >= 11 is 0. The number of ether oxygens (including phenoxy) is 2. The van der Waals surface area contributed by atoms with Gasteiger partial charge in [0.2, 0.25) is 0 Å². The molecule has 1 fully saturated rings.